The molecule has 2 saturated heterocycles. The second-order valence-corrected chi connectivity index (χ2v) is 7.90. The van der Waals surface area contributed by atoms with Crippen molar-refractivity contribution < 1.29 is 9.59 Å². The molecule has 3 heterocycles. The number of nitrogens with zero attached hydrogens (tertiary/aromatic N) is 5. The Balaban J connectivity index is 1.62. The molecule has 3 aliphatic rings. The molecule has 150 valence electrons. The van der Waals surface area contributed by atoms with E-state index in [1.54, 1.807) is 11.9 Å². The molecule has 0 spiro atoms. The highest BCUT2D eigenvalue weighted by Gasteiger charge is 2.56. The molecule has 2 fully saturated rings. The molecule has 3 unspecified atom stereocenters. The highest BCUT2D eigenvalue weighted by Crippen LogP contribution is 2.31. The van der Waals surface area contributed by atoms with E-state index in [4.69, 9.17) is 5.10 Å². The summed E-state index contributed by atoms with van der Waals surface area (Å²) in [5.41, 5.74) is 3.33. The molecule has 0 aromatic heterocycles. The number of nitrogens with one attached hydrogen (secondary N) is 1. The van der Waals surface area contributed by atoms with Crippen molar-refractivity contribution in [2.45, 2.75) is 52.2 Å². The summed E-state index contributed by atoms with van der Waals surface area (Å²) in [6.07, 6.45) is 0.181. The summed E-state index contributed by atoms with van der Waals surface area (Å²) in [6.45, 7) is 7.72. The molecular weight excluding hydrogens is 356 g/mol. The molecule has 0 bridgehead atoms. The maximum Gasteiger partial charge on any atom is 0.327 e. The molecule has 0 aliphatic carbocycles. The van der Waals surface area contributed by atoms with E-state index < -0.39 is 6.04 Å². The number of rotatable bonds is 4. The van der Waals surface area contributed by atoms with Crippen LogP contribution in [0.4, 0.5) is 4.79 Å². The first-order valence-electron chi connectivity index (χ1n) is 9.87. The van der Waals surface area contributed by atoms with Crippen LogP contribution in [0.25, 0.3) is 0 Å². The maximum atomic E-state index is 13.2. The number of hydrogen-bond acceptors (Lipinski definition) is 6. The molecule has 0 radical (unpaired) electrons. The number of imide groups is 1. The van der Waals surface area contributed by atoms with Crippen LogP contribution in [0.15, 0.2) is 29.4 Å². The smallest absolute Gasteiger partial charge is 0.310 e. The van der Waals surface area contributed by atoms with Gasteiger partial charge in [0.1, 0.15) is 12.2 Å². The van der Waals surface area contributed by atoms with Gasteiger partial charge in [0.25, 0.3) is 5.91 Å². The fourth-order valence-corrected chi connectivity index (χ4v) is 4.28. The van der Waals surface area contributed by atoms with Gasteiger partial charge < -0.3 is 4.90 Å². The Labute approximate surface area is 165 Å². The zero-order valence-electron chi connectivity index (χ0n) is 16.9. The van der Waals surface area contributed by atoms with E-state index in [-0.39, 0.29) is 24.4 Å². The van der Waals surface area contributed by atoms with Gasteiger partial charge in [-0.15, -0.1) is 0 Å². The minimum Gasteiger partial charge on any atom is -0.310 e. The number of fused-ring (bicyclic) bond motifs is 3. The fourth-order valence-electron chi connectivity index (χ4n) is 4.28. The van der Waals surface area contributed by atoms with Gasteiger partial charge in [-0.3, -0.25) is 20.0 Å². The first-order valence-corrected chi connectivity index (χ1v) is 9.87. The van der Waals surface area contributed by atoms with Gasteiger partial charge in [-0.2, -0.15) is 5.10 Å². The molecule has 1 aromatic carbocycles. The maximum absolute atomic E-state index is 13.2. The summed E-state index contributed by atoms with van der Waals surface area (Å²) in [5, 5.41) is 10.2. The molecular formula is C20H28N6O2. The highest BCUT2D eigenvalue weighted by molar-refractivity contribution is 6.01. The lowest BCUT2D eigenvalue weighted by Crippen LogP contribution is -2.66. The molecule has 8 nitrogen and oxygen atoms in total. The van der Waals surface area contributed by atoms with Gasteiger partial charge in [0, 0.05) is 25.8 Å². The normalized spacial score (nSPS) is 27.8. The number of hydrogen-bond donors (Lipinski definition) is 1. The Morgan fingerprint density at radius 1 is 1.18 bits per heavy atom. The van der Waals surface area contributed by atoms with Crippen molar-refractivity contribution >= 4 is 17.6 Å². The first kappa shape index (κ1) is 18.9. The number of urea groups is 1. The van der Waals surface area contributed by atoms with E-state index in [0.717, 1.165) is 17.7 Å². The SMILES string of the molecule is CCCN1C(=O)C2C(NC3N(Cc4ccc(C)cc4)N=C(C)CN23)N(C)C1=O. The molecule has 0 saturated carbocycles. The van der Waals surface area contributed by atoms with Crippen LogP contribution in [-0.2, 0) is 11.3 Å². The van der Waals surface area contributed by atoms with E-state index in [1.165, 1.54) is 10.5 Å². The summed E-state index contributed by atoms with van der Waals surface area (Å²) < 4.78 is 0. The topological polar surface area (TPSA) is 71.5 Å². The van der Waals surface area contributed by atoms with Crippen LogP contribution in [0.5, 0.6) is 0 Å². The third-order valence-corrected chi connectivity index (χ3v) is 5.66. The van der Waals surface area contributed by atoms with Crippen molar-refractivity contribution in [2.75, 3.05) is 20.1 Å². The third-order valence-electron chi connectivity index (χ3n) is 5.66. The van der Waals surface area contributed by atoms with Crippen LogP contribution >= 0.6 is 0 Å². The lowest BCUT2D eigenvalue weighted by molar-refractivity contribution is -0.139. The van der Waals surface area contributed by atoms with Gasteiger partial charge in [0.2, 0.25) is 0 Å². The quantitative estimate of drug-likeness (QED) is 0.849. The summed E-state index contributed by atoms with van der Waals surface area (Å²) in [5.74, 6) is -0.116. The Kier molecular flexibility index (Phi) is 4.84. The second-order valence-electron chi connectivity index (χ2n) is 7.90. The van der Waals surface area contributed by atoms with Crippen LogP contribution in [0, 0.1) is 6.92 Å². The van der Waals surface area contributed by atoms with Crippen LogP contribution in [0.3, 0.4) is 0 Å². The van der Waals surface area contributed by atoms with Crippen molar-refractivity contribution in [3.63, 3.8) is 0 Å². The highest BCUT2D eigenvalue weighted by atomic mass is 16.2. The first-order chi connectivity index (χ1) is 13.4. The minimum atomic E-state index is -0.398. The summed E-state index contributed by atoms with van der Waals surface area (Å²) in [6, 6.07) is 7.76. The Morgan fingerprint density at radius 2 is 1.89 bits per heavy atom. The molecule has 3 amide bonds. The Bertz CT molecular complexity index is 807. The van der Waals surface area contributed by atoms with Gasteiger partial charge >= 0.3 is 6.03 Å². The molecule has 8 heteroatoms. The minimum absolute atomic E-state index is 0.116. The number of carbonyl (C=O) groups is 2. The monoisotopic (exact) mass is 384 g/mol. The molecule has 1 N–H and O–H groups in total. The molecule has 3 aliphatic heterocycles. The van der Waals surface area contributed by atoms with Crippen LogP contribution in [-0.4, -0.2) is 76.0 Å². The predicted molar refractivity (Wildman–Crippen MR) is 106 cm³/mol. The van der Waals surface area contributed by atoms with Gasteiger partial charge in [-0.05, 0) is 25.8 Å². The van der Waals surface area contributed by atoms with Crippen LogP contribution in [0.1, 0.15) is 31.4 Å². The number of benzene rings is 1. The van der Waals surface area contributed by atoms with E-state index in [1.807, 2.05) is 18.9 Å². The molecule has 3 atom stereocenters. The van der Waals surface area contributed by atoms with Crippen molar-refractivity contribution in [3.8, 4) is 0 Å². The summed E-state index contributed by atoms with van der Waals surface area (Å²) >= 11 is 0. The number of likely N-dealkylation sites (N-methyl/N-ethyl adjacent to an activating group) is 1. The van der Waals surface area contributed by atoms with Gasteiger partial charge in [-0.1, -0.05) is 36.8 Å². The van der Waals surface area contributed by atoms with Crippen LogP contribution < -0.4 is 5.32 Å². The van der Waals surface area contributed by atoms with Crippen molar-refractivity contribution in [1.29, 1.82) is 0 Å². The van der Waals surface area contributed by atoms with Crippen molar-refractivity contribution in [3.05, 3.63) is 35.4 Å². The number of aryl methyl sites for hydroxylation is 1. The Morgan fingerprint density at radius 3 is 2.57 bits per heavy atom. The summed E-state index contributed by atoms with van der Waals surface area (Å²) in [7, 11) is 1.76. The average molecular weight is 384 g/mol. The van der Waals surface area contributed by atoms with Gasteiger partial charge in [-0.25, -0.2) is 9.69 Å². The van der Waals surface area contributed by atoms with E-state index >= 15 is 0 Å². The summed E-state index contributed by atoms with van der Waals surface area (Å²) in [4.78, 5) is 31.0. The van der Waals surface area contributed by atoms with E-state index in [9.17, 15) is 9.59 Å². The fraction of sp³-hybridized carbons (Fsp3) is 0.550. The lowest BCUT2D eigenvalue weighted by atomic mass is 10.1. The molecule has 1 aromatic rings. The standard InChI is InChI=1S/C20H28N6O2/c1-5-10-24-18(27)16-17(23(4)20(24)28)21-19-25(16)11-14(3)22-26(19)12-15-8-6-13(2)7-9-15/h6-9,16-17,19,21H,5,10-12H2,1-4H3. The molecule has 28 heavy (non-hydrogen) atoms. The Hall–Kier alpha value is -2.45. The number of amides is 3. The lowest BCUT2D eigenvalue weighted by Gasteiger charge is -2.42. The van der Waals surface area contributed by atoms with Gasteiger partial charge in [0.05, 0.1) is 6.54 Å². The third kappa shape index (κ3) is 3.06. The van der Waals surface area contributed by atoms with Crippen molar-refractivity contribution in [1.82, 2.24) is 25.0 Å². The average Bonchev–Trinajstić information content (AvgIpc) is 3.05. The second kappa shape index (κ2) is 7.18. The number of hydrazone groups is 1. The van der Waals surface area contributed by atoms with E-state index in [0.29, 0.717) is 19.6 Å². The zero-order chi connectivity index (χ0) is 20.0. The molecule has 4 rings (SSSR count). The predicted octanol–water partition coefficient (Wildman–Crippen LogP) is 1.37. The van der Waals surface area contributed by atoms with Gasteiger partial charge in [0.15, 0.2) is 6.29 Å². The van der Waals surface area contributed by atoms with Crippen LogP contribution in [0.2, 0.25) is 0 Å². The largest absolute Gasteiger partial charge is 0.327 e. The zero-order valence-corrected chi connectivity index (χ0v) is 16.9. The van der Waals surface area contributed by atoms with E-state index in [2.05, 4.69) is 41.4 Å². The number of carbonyl (C=O) groups excluding carboxylic acids is 2. The van der Waals surface area contributed by atoms with Crippen molar-refractivity contribution in [2.24, 2.45) is 5.10 Å².